The van der Waals surface area contributed by atoms with Gasteiger partial charge in [0.1, 0.15) is 11.9 Å². The molecule has 1 aliphatic heterocycles. The van der Waals surface area contributed by atoms with E-state index in [-0.39, 0.29) is 29.4 Å². The van der Waals surface area contributed by atoms with Crippen molar-refractivity contribution in [3.05, 3.63) is 63.6 Å². The van der Waals surface area contributed by atoms with Crippen molar-refractivity contribution in [1.29, 1.82) is 0 Å². The lowest BCUT2D eigenvalue weighted by Crippen LogP contribution is -2.60. The SMILES string of the molecule is CCc1cc2ncc(CN3C[C@H](Oc4cnc(C(=O)NC5CC5)c(F)c4)[C@H]3C)cc2[nH]c1=O. The fourth-order valence-corrected chi connectivity index (χ4v) is 4.05. The number of fused-ring (bicyclic) bond motifs is 1. The second-order valence-corrected chi connectivity index (χ2v) is 8.83. The smallest absolute Gasteiger partial charge is 0.273 e. The van der Waals surface area contributed by atoms with Gasteiger partial charge in [-0.15, -0.1) is 0 Å². The number of H-pyrrole nitrogens is 1. The zero-order valence-electron chi connectivity index (χ0n) is 18.6. The van der Waals surface area contributed by atoms with Crippen LogP contribution in [-0.4, -0.2) is 50.5 Å². The fourth-order valence-electron chi connectivity index (χ4n) is 4.05. The highest BCUT2D eigenvalue weighted by molar-refractivity contribution is 5.93. The molecule has 1 saturated carbocycles. The number of nitrogens with one attached hydrogen (secondary N) is 2. The van der Waals surface area contributed by atoms with Crippen molar-refractivity contribution >= 4 is 16.9 Å². The molecule has 5 rings (SSSR count). The number of likely N-dealkylation sites (tertiary alicyclic amines) is 1. The molecule has 172 valence electrons. The molecular weight excluding hydrogens is 425 g/mol. The number of aromatic nitrogens is 3. The second kappa shape index (κ2) is 8.55. The van der Waals surface area contributed by atoms with E-state index in [1.165, 1.54) is 12.3 Å². The first-order chi connectivity index (χ1) is 15.9. The van der Waals surface area contributed by atoms with E-state index in [1.807, 2.05) is 32.2 Å². The summed E-state index contributed by atoms with van der Waals surface area (Å²) >= 11 is 0. The quantitative estimate of drug-likeness (QED) is 0.573. The first-order valence-corrected chi connectivity index (χ1v) is 11.3. The van der Waals surface area contributed by atoms with Crippen molar-refractivity contribution in [3.63, 3.8) is 0 Å². The van der Waals surface area contributed by atoms with Crippen molar-refractivity contribution < 1.29 is 13.9 Å². The average Bonchev–Trinajstić information content (AvgIpc) is 3.61. The predicted octanol–water partition coefficient (Wildman–Crippen LogP) is 2.56. The third kappa shape index (κ3) is 4.45. The van der Waals surface area contributed by atoms with Crippen LogP contribution in [0.2, 0.25) is 0 Å². The normalized spacial score (nSPS) is 20.5. The Bertz CT molecular complexity index is 1270. The first-order valence-electron chi connectivity index (χ1n) is 11.3. The molecule has 2 aliphatic rings. The number of hydrogen-bond acceptors (Lipinski definition) is 6. The Morgan fingerprint density at radius 2 is 2.09 bits per heavy atom. The van der Waals surface area contributed by atoms with Gasteiger partial charge in [-0.05, 0) is 43.9 Å². The van der Waals surface area contributed by atoms with E-state index in [4.69, 9.17) is 4.74 Å². The van der Waals surface area contributed by atoms with Gasteiger partial charge in [0.2, 0.25) is 0 Å². The van der Waals surface area contributed by atoms with Crippen LogP contribution in [0.25, 0.3) is 11.0 Å². The molecule has 2 N–H and O–H groups in total. The van der Waals surface area contributed by atoms with Gasteiger partial charge in [-0.3, -0.25) is 19.5 Å². The number of nitrogens with zero attached hydrogens (tertiary/aromatic N) is 3. The Balaban J connectivity index is 1.20. The Morgan fingerprint density at radius 1 is 1.27 bits per heavy atom. The van der Waals surface area contributed by atoms with Gasteiger partial charge in [0.25, 0.3) is 11.5 Å². The number of aromatic amines is 1. The van der Waals surface area contributed by atoms with Gasteiger partial charge in [0, 0.05) is 43.0 Å². The van der Waals surface area contributed by atoms with E-state index >= 15 is 0 Å². The van der Waals surface area contributed by atoms with Gasteiger partial charge in [-0.25, -0.2) is 9.37 Å². The Kier molecular flexibility index (Phi) is 5.57. The van der Waals surface area contributed by atoms with Crippen molar-refractivity contribution in [2.24, 2.45) is 0 Å². The van der Waals surface area contributed by atoms with Crippen molar-refractivity contribution in [2.45, 2.75) is 57.8 Å². The lowest BCUT2D eigenvalue weighted by Gasteiger charge is -2.45. The fraction of sp³-hybridized carbons (Fsp3) is 0.417. The van der Waals surface area contributed by atoms with Gasteiger partial charge in [-0.2, -0.15) is 0 Å². The first kappa shape index (κ1) is 21.5. The molecule has 0 unspecified atom stereocenters. The maximum atomic E-state index is 14.4. The van der Waals surface area contributed by atoms with E-state index in [2.05, 4.69) is 25.2 Å². The van der Waals surface area contributed by atoms with E-state index in [0.717, 1.165) is 35.0 Å². The maximum Gasteiger partial charge on any atom is 0.273 e. The topological polar surface area (TPSA) is 100 Å². The van der Waals surface area contributed by atoms with Crippen molar-refractivity contribution in [1.82, 2.24) is 25.2 Å². The molecule has 0 spiro atoms. The summed E-state index contributed by atoms with van der Waals surface area (Å²) in [5.41, 5.74) is 2.94. The van der Waals surface area contributed by atoms with Crippen LogP contribution in [0.3, 0.4) is 0 Å². The predicted molar refractivity (Wildman–Crippen MR) is 121 cm³/mol. The highest BCUT2D eigenvalue weighted by atomic mass is 19.1. The van der Waals surface area contributed by atoms with Crippen molar-refractivity contribution in [2.75, 3.05) is 6.54 Å². The third-order valence-electron chi connectivity index (χ3n) is 6.35. The van der Waals surface area contributed by atoms with Crippen LogP contribution in [0.15, 0.2) is 35.4 Å². The van der Waals surface area contributed by atoms with E-state index in [0.29, 0.717) is 25.3 Å². The Hall–Kier alpha value is -3.33. The number of pyridine rings is 3. The molecule has 0 bridgehead atoms. The number of carbonyl (C=O) groups excluding carboxylic acids is 1. The molecule has 1 aliphatic carbocycles. The monoisotopic (exact) mass is 451 g/mol. The molecular formula is C24H26FN5O3. The van der Waals surface area contributed by atoms with Gasteiger partial charge < -0.3 is 15.0 Å². The minimum absolute atomic E-state index is 0.0772. The summed E-state index contributed by atoms with van der Waals surface area (Å²) in [7, 11) is 0. The summed E-state index contributed by atoms with van der Waals surface area (Å²) in [5, 5.41) is 2.74. The molecule has 9 heteroatoms. The van der Waals surface area contributed by atoms with E-state index < -0.39 is 11.7 Å². The highest BCUT2D eigenvalue weighted by Gasteiger charge is 2.37. The van der Waals surface area contributed by atoms with Crippen LogP contribution in [0.1, 0.15) is 48.3 Å². The summed E-state index contributed by atoms with van der Waals surface area (Å²) in [4.78, 5) is 37.7. The molecule has 33 heavy (non-hydrogen) atoms. The summed E-state index contributed by atoms with van der Waals surface area (Å²) < 4.78 is 20.3. The number of aryl methyl sites for hydroxylation is 1. The summed E-state index contributed by atoms with van der Waals surface area (Å²) in [6, 6.07) is 5.25. The van der Waals surface area contributed by atoms with Crippen LogP contribution in [-0.2, 0) is 13.0 Å². The van der Waals surface area contributed by atoms with Crippen LogP contribution in [0.4, 0.5) is 4.39 Å². The van der Waals surface area contributed by atoms with Gasteiger partial charge in [0.15, 0.2) is 11.5 Å². The van der Waals surface area contributed by atoms with Gasteiger partial charge in [0.05, 0.1) is 17.2 Å². The number of hydrogen-bond donors (Lipinski definition) is 2. The third-order valence-corrected chi connectivity index (χ3v) is 6.35. The Morgan fingerprint density at radius 3 is 2.79 bits per heavy atom. The number of rotatable bonds is 7. The molecule has 3 aromatic heterocycles. The second-order valence-electron chi connectivity index (χ2n) is 8.83. The minimum atomic E-state index is -0.683. The molecule has 1 amide bonds. The molecule has 8 nitrogen and oxygen atoms in total. The minimum Gasteiger partial charge on any atom is -0.486 e. The number of ether oxygens (including phenoxy) is 1. The van der Waals surface area contributed by atoms with Crippen LogP contribution < -0.4 is 15.6 Å². The molecule has 2 atom stereocenters. The largest absolute Gasteiger partial charge is 0.486 e. The number of carbonyl (C=O) groups is 1. The molecule has 1 saturated heterocycles. The van der Waals surface area contributed by atoms with E-state index in [9.17, 15) is 14.0 Å². The molecule has 3 aromatic rings. The van der Waals surface area contributed by atoms with Gasteiger partial charge in [-0.1, -0.05) is 6.92 Å². The standard InChI is InChI=1S/C24H26FN5O3/c1-3-15-7-19-20(29-23(15)31)6-14(9-26-19)11-30-12-21(13(30)2)33-17-8-18(25)22(27-10-17)24(32)28-16-4-5-16/h6-10,13,16,21H,3-5,11-12H2,1-2H3,(H,28,32)(H,29,31)/t13-,21+/m1/s1. The molecule has 4 heterocycles. The average molecular weight is 452 g/mol. The van der Waals surface area contributed by atoms with Crippen LogP contribution in [0.5, 0.6) is 5.75 Å². The van der Waals surface area contributed by atoms with Crippen LogP contribution >= 0.6 is 0 Å². The van der Waals surface area contributed by atoms with Gasteiger partial charge >= 0.3 is 0 Å². The lowest BCUT2D eigenvalue weighted by molar-refractivity contribution is -0.0416. The maximum absolute atomic E-state index is 14.4. The zero-order valence-corrected chi connectivity index (χ0v) is 18.6. The summed E-state index contributed by atoms with van der Waals surface area (Å²) in [5.74, 6) is -0.860. The molecule has 0 aromatic carbocycles. The van der Waals surface area contributed by atoms with E-state index in [1.54, 1.807) is 0 Å². The lowest BCUT2D eigenvalue weighted by atomic mass is 10.00. The highest BCUT2D eigenvalue weighted by Crippen LogP contribution is 2.27. The summed E-state index contributed by atoms with van der Waals surface area (Å²) in [6.45, 7) is 5.31. The Labute approximate surface area is 190 Å². The summed E-state index contributed by atoms with van der Waals surface area (Å²) in [6.07, 6.45) is 5.63. The molecule has 0 radical (unpaired) electrons. The van der Waals surface area contributed by atoms with Crippen molar-refractivity contribution in [3.8, 4) is 5.75 Å². The molecule has 2 fully saturated rings. The van der Waals surface area contributed by atoms with Crippen LogP contribution in [0, 0.1) is 5.82 Å². The number of halogens is 1. The zero-order chi connectivity index (χ0) is 23.1. The number of amides is 1.